The van der Waals surface area contributed by atoms with Crippen LogP contribution in [-0.4, -0.2) is 54.1 Å². The second-order valence-corrected chi connectivity index (χ2v) is 9.11. The van der Waals surface area contributed by atoms with Crippen LogP contribution in [0, 0.1) is 11.8 Å². The van der Waals surface area contributed by atoms with Gasteiger partial charge in [-0.1, -0.05) is 72.8 Å². The van der Waals surface area contributed by atoms with Crippen LogP contribution in [0.15, 0.2) is 12.7 Å². The average molecular weight is 485 g/mol. The van der Waals surface area contributed by atoms with Gasteiger partial charge in [0.1, 0.15) is 0 Å². The molecule has 0 aliphatic heterocycles. The lowest BCUT2D eigenvalue weighted by molar-refractivity contribution is -0.134. The van der Waals surface area contributed by atoms with Gasteiger partial charge in [0.25, 0.3) is 0 Å². The number of hydrogen-bond acceptors (Lipinski definition) is 7. The smallest absolute Gasteiger partial charge is 0.466 e. The Morgan fingerprint density at radius 3 is 1.56 bits per heavy atom. The van der Waals surface area contributed by atoms with Gasteiger partial charge in [-0.2, -0.15) is 0 Å². The summed E-state index contributed by atoms with van der Waals surface area (Å²) < 4.78 is 26.4. The maximum Gasteiger partial charge on any atom is 0.472 e. The minimum Gasteiger partial charge on any atom is -0.466 e. The molecule has 8 nitrogen and oxygen atoms in total. The van der Waals surface area contributed by atoms with Crippen molar-refractivity contribution in [2.24, 2.45) is 11.8 Å². The lowest BCUT2D eigenvalue weighted by atomic mass is 10.0. The molecule has 3 unspecified atom stereocenters. The van der Waals surface area contributed by atoms with Gasteiger partial charge >= 0.3 is 13.8 Å². The van der Waals surface area contributed by atoms with E-state index in [1.54, 1.807) is 0 Å². The van der Waals surface area contributed by atoms with Crippen molar-refractivity contribution in [1.29, 1.82) is 0 Å². The summed E-state index contributed by atoms with van der Waals surface area (Å²) >= 11 is 0. The zero-order chi connectivity index (χ0) is 25.4. The van der Waals surface area contributed by atoms with Crippen LogP contribution in [0.3, 0.4) is 0 Å². The first-order chi connectivity index (χ1) is 15.1. The number of esters is 1. The quantitative estimate of drug-likeness (QED) is 0.154. The van der Waals surface area contributed by atoms with Crippen LogP contribution in [0.4, 0.5) is 0 Å². The predicted molar refractivity (Wildman–Crippen MR) is 129 cm³/mol. The molecule has 3 N–H and O–H groups in total. The van der Waals surface area contributed by atoms with Crippen LogP contribution < -0.4 is 0 Å². The van der Waals surface area contributed by atoms with Crippen molar-refractivity contribution in [2.45, 2.75) is 92.1 Å². The zero-order valence-electron chi connectivity index (χ0n) is 21.1. The topological polar surface area (TPSA) is 123 Å². The second kappa shape index (κ2) is 24.9. The Hall–Kier alpha value is -0.760. The van der Waals surface area contributed by atoms with E-state index in [2.05, 4.69) is 39.0 Å². The molecule has 0 saturated carbocycles. The minimum atomic E-state index is -3.89. The zero-order valence-corrected chi connectivity index (χ0v) is 22.0. The first-order valence-electron chi connectivity index (χ1n) is 11.7. The number of carbonyl (C=O) groups excluding carboxylic acids is 1. The molecule has 194 valence electrons. The monoisotopic (exact) mass is 484 g/mol. The molecule has 0 amide bonds. The number of carbonyl (C=O) groups is 1. The van der Waals surface area contributed by atoms with Crippen LogP contribution in [-0.2, 0) is 23.1 Å². The third-order valence-corrected chi connectivity index (χ3v) is 5.62. The summed E-state index contributed by atoms with van der Waals surface area (Å²) in [7, 11) is -2.58. The first kappa shape index (κ1) is 35.8. The number of methoxy groups -OCH3 is 1. The Labute approximate surface area is 196 Å². The number of unbranched alkanes of at least 4 members (excludes halogenated alkanes) is 2. The van der Waals surface area contributed by atoms with Gasteiger partial charge < -0.3 is 19.8 Å². The minimum absolute atomic E-state index is 0.139. The van der Waals surface area contributed by atoms with E-state index >= 15 is 0 Å². The van der Waals surface area contributed by atoms with Gasteiger partial charge in [0.05, 0.1) is 33.0 Å². The maximum absolute atomic E-state index is 11.9. The van der Waals surface area contributed by atoms with Gasteiger partial charge in [-0.05, 0) is 31.6 Å². The van der Waals surface area contributed by atoms with Crippen molar-refractivity contribution in [1.82, 2.24) is 0 Å². The Kier molecular flexibility index (Phi) is 27.8. The summed E-state index contributed by atoms with van der Waals surface area (Å²) in [6, 6.07) is 0. The highest BCUT2D eigenvalue weighted by molar-refractivity contribution is 7.47. The lowest BCUT2D eigenvalue weighted by Gasteiger charge is -2.20. The molecule has 0 aromatic carbocycles. The van der Waals surface area contributed by atoms with Gasteiger partial charge in [0, 0.05) is 6.08 Å². The van der Waals surface area contributed by atoms with E-state index in [-0.39, 0.29) is 6.61 Å². The molecule has 32 heavy (non-hydrogen) atoms. The third kappa shape index (κ3) is 27.3. The van der Waals surface area contributed by atoms with Gasteiger partial charge in [-0.3, -0.25) is 9.05 Å². The SMILES string of the molecule is C=CC(=O)OC.CC(O)CO.CCCCC(CC)COP(=O)(O)OCC(CC)CCCC. The number of aliphatic hydroxyl groups is 2. The van der Waals surface area contributed by atoms with Crippen LogP contribution in [0.5, 0.6) is 0 Å². The number of hydrogen-bond donors (Lipinski definition) is 3. The fourth-order valence-electron chi connectivity index (χ4n) is 2.32. The third-order valence-electron chi connectivity index (χ3n) is 4.67. The average Bonchev–Trinajstić information content (AvgIpc) is 2.79. The van der Waals surface area contributed by atoms with E-state index < -0.39 is 19.9 Å². The molecule has 0 fully saturated rings. The fraction of sp³-hybridized carbons (Fsp3) is 0.870. The molecule has 0 bridgehead atoms. The van der Waals surface area contributed by atoms with E-state index in [0.29, 0.717) is 25.0 Å². The van der Waals surface area contributed by atoms with Crippen LogP contribution in [0.2, 0.25) is 0 Å². The van der Waals surface area contributed by atoms with Crippen molar-refractivity contribution in [3.05, 3.63) is 12.7 Å². The molecule has 0 aromatic heterocycles. The van der Waals surface area contributed by atoms with Crippen molar-refractivity contribution in [3.63, 3.8) is 0 Å². The first-order valence-corrected chi connectivity index (χ1v) is 13.2. The standard InChI is InChI=1S/C16H35O4P.C4H6O2.C3H8O2/c1-5-9-11-15(7-3)13-19-21(17,18)20-14-16(8-4)12-10-6-2;1-3-4(5)6-2;1-3(5)2-4/h15-16H,5-14H2,1-4H3,(H,17,18);3H,1H2,2H3;3-5H,2H2,1H3. The Balaban J connectivity index is -0.000000626. The summed E-state index contributed by atoms with van der Waals surface area (Å²) in [5.74, 6) is 0.294. The highest BCUT2D eigenvalue weighted by Gasteiger charge is 2.24. The Morgan fingerprint density at radius 2 is 1.38 bits per heavy atom. The molecule has 0 spiro atoms. The van der Waals surface area contributed by atoms with E-state index in [9.17, 15) is 14.3 Å². The summed E-state index contributed by atoms with van der Waals surface area (Å²) in [5, 5.41) is 16.0. The van der Waals surface area contributed by atoms with Gasteiger partial charge in [0.15, 0.2) is 0 Å². The molecular weight excluding hydrogens is 435 g/mol. The van der Waals surface area contributed by atoms with E-state index in [4.69, 9.17) is 19.3 Å². The van der Waals surface area contributed by atoms with Crippen molar-refractivity contribution < 1.29 is 38.3 Å². The molecule has 3 atom stereocenters. The molecule has 0 rings (SSSR count). The van der Waals surface area contributed by atoms with Gasteiger partial charge in [0.2, 0.25) is 0 Å². The van der Waals surface area contributed by atoms with Crippen molar-refractivity contribution >= 4 is 13.8 Å². The molecule has 0 heterocycles. The summed E-state index contributed by atoms with van der Waals surface area (Å²) in [6.07, 6.45) is 9.11. The summed E-state index contributed by atoms with van der Waals surface area (Å²) in [5.41, 5.74) is 0. The number of rotatable bonds is 16. The van der Waals surface area contributed by atoms with E-state index in [0.717, 1.165) is 57.4 Å². The largest absolute Gasteiger partial charge is 0.472 e. The second-order valence-electron chi connectivity index (χ2n) is 7.65. The molecule has 0 aliphatic carbocycles. The Morgan fingerprint density at radius 1 is 1.00 bits per heavy atom. The molecule has 0 aliphatic rings. The molecule has 0 aromatic rings. The van der Waals surface area contributed by atoms with Crippen molar-refractivity contribution in [3.8, 4) is 0 Å². The normalized spacial score (nSPS) is 15.0. The van der Waals surface area contributed by atoms with Crippen molar-refractivity contribution in [2.75, 3.05) is 26.9 Å². The maximum atomic E-state index is 11.9. The number of aliphatic hydroxyl groups excluding tert-OH is 2. The summed E-state index contributed by atoms with van der Waals surface area (Å²) in [4.78, 5) is 19.6. The highest BCUT2D eigenvalue weighted by Crippen LogP contribution is 2.44. The van der Waals surface area contributed by atoms with Crippen LogP contribution in [0.25, 0.3) is 0 Å². The van der Waals surface area contributed by atoms with Gasteiger partial charge in [-0.25, -0.2) is 9.36 Å². The number of phosphoric ester groups is 1. The predicted octanol–water partition coefficient (Wildman–Crippen LogP) is 5.26. The van der Waals surface area contributed by atoms with Gasteiger partial charge in [-0.15, -0.1) is 0 Å². The van der Waals surface area contributed by atoms with Crippen LogP contribution in [0.1, 0.15) is 86.0 Å². The molecule has 9 heteroatoms. The Bertz CT molecular complexity index is 447. The molecule has 0 saturated heterocycles. The number of ether oxygens (including phenoxy) is 1. The van der Waals surface area contributed by atoms with E-state index in [1.807, 2.05) is 0 Å². The summed E-state index contributed by atoms with van der Waals surface area (Å²) in [6.45, 7) is 13.6. The molecular formula is C23H49O8P. The highest BCUT2D eigenvalue weighted by atomic mass is 31.2. The fourth-order valence-corrected chi connectivity index (χ4v) is 3.19. The molecule has 0 radical (unpaired) electrons. The van der Waals surface area contributed by atoms with E-state index in [1.165, 1.54) is 14.0 Å². The number of phosphoric acid groups is 1. The lowest BCUT2D eigenvalue weighted by Crippen LogP contribution is -2.12. The van der Waals surface area contributed by atoms with Crippen LogP contribution >= 0.6 is 7.82 Å².